The number of pyridine rings is 1. The molecule has 1 aromatic heterocycles. The molecule has 8 nitrogen and oxygen atoms in total. The van der Waals surface area contributed by atoms with Crippen molar-refractivity contribution in [3.63, 3.8) is 0 Å². The lowest BCUT2D eigenvalue weighted by Gasteiger charge is -2.36. The summed E-state index contributed by atoms with van der Waals surface area (Å²) in [6.45, 7) is 2.01. The summed E-state index contributed by atoms with van der Waals surface area (Å²) in [7, 11) is -3.99. The fourth-order valence-electron chi connectivity index (χ4n) is 4.42. The van der Waals surface area contributed by atoms with Crippen LogP contribution in [-0.4, -0.2) is 61.5 Å². The van der Waals surface area contributed by atoms with Crippen LogP contribution in [0.25, 0.3) is 10.8 Å². The maximum atomic E-state index is 13.3. The zero-order valence-corrected chi connectivity index (χ0v) is 20.1. The van der Waals surface area contributed by atoms with E-state index in [9.17, 15) is 23.1 Å². The van der Waals surface area contributed by atoms with E-state index in [0.717, 1.165) is 22.5 Å². The number of carboxylic acids is 1. The Labute approximate surface area is 208 Å². The number of hydrogen-bond donors (Lipinski definition) is 1. The molecule has 0 aliphatic carbocycles. The van der Waals surface area contributed by atoms with Crippen LogP contribution in [-0.2, 0) is 9.84 Å². The Kier molecular flexibility index (Phi) is 6.15. The van der Waals surface area contributed by atoms with E-state index in [1.165, 1.54) is 18.2 Å². The molecule has 182 valence electrons. The molecule has 4 aromatic rings. The Morgan fingerprint density at radius 1 is 0.750 bits per heavy atom. The monoisotopic (exact) mass is 501 g/mol. The van der Waals surface area contributed by atoms with Crippen LogP contribution < -0.4 is 4.90 Å². The third-order valence-electron chi connectivity index (χ3n) is 6.39. The number of aromatic carboxylic acids is 1. The molecule has 0 saturated carbocycles. The van der Waals surface area contributed by atoms with Gasteiger partial charge in [-0.3, -0.25) is 9.78 Å². The summed E-state index contributed by atoms with van der Waals surface area (Å²) >= 11 is 0. The van der Waals surface area contributed by atoms with Gasteiger partial charge in [0, 0.05) is 44.3 Å². The number of carbonyl (C=O) groups excluding carboxylic acids is 1. The first-order valence-electron chi connectivity index (χ1n) is 11.4. The molecule has 0 unspecified atom stereocenters. The molecule has 36 heavy (non-hydrogen) atoms. The normalized spacial score (nSPS) is 14.1. The highest BCUT2D eigenvalue weighted by molar-refractivity contribution is 7.91. The molecule has 3 aromatic carbocycles. The summed E-state index contributed by atoms with van der Waals surface area (Å²) in [5.41, 5.74) is 0.641. The minimum absolute atomic E-state index is 0.0303. The van der Waals surface area contributed by atoms with Gasteiger partial charge in [0.1, 0.15) is 0 Å². The van der Waals surface area contributed by atoms with Gasteiger partial charge in [-0.2, -0.15) is 0 Å². The third kappa shape index (κ3) is 4.40. The number of anilines is 1. The van der Waals surface area contributed by atoms with Crippen molar-refractivity contribution in [2.45, 2.75) is 9.79 Å². The summed E-state index contributed by atoms with van der Waals surface area (Å²) in [6, 6.07) is 19.6. The number of rotatable bonds is 5. The van der Waals surface area contributed by atoms with Crippen LogP contribution in [0.4, 0.5) is 5.69 Å². The first kappa shape index (κ1) is 23.5. The molecule has 0 spiro atoms. The van der Waals surface area contributed by atoms with Gasteiger partial charge in [-0.15, -0.1) is 0 Å². The van der Waals surface area contributed by atoms with Crippen LogP contribution in [0.3, 0.4) is 0 Å². The average molecular weight is 502 g/mol. The summed E-state index contributed by atoms with van der Waals surface area (Å²) in [6.07, 6.45) is 3.42. The fourth-order valence-corrected chi connectivity index (χ4v) is 5.74. The highest BCUT2D eigenvalue weighted by Crippen LogP contribution is 2.27. The number of nitrogens with zero attached hydrogens (tertiary/aromatic N) is 3. The van der Waals surface area contributed by atoms with Crippen LogP contribution in [0.5, 0.6) is 0 Å². The smallest absolute Gasteiger partial charge is 0.336 e. The number of amides is 1. The summed E-state index contributed by atoms with van der Waals surface area (Å²) in [4.78, 5) is 32.9. The van der Waals surface area contributed by atoms with Gasteiger partial charge >= 0.3 is 5.97 Å². The lowest BCUT2D eigenvalue weighted by molar-refractivity contribution is 0.0672. The lowest BCUT2D eigenvalue weighted by Crippen LogP contribution is -2.49. The van der Waals surface area contributed by atoms with Gasteiger partial charge in [0.2, 0.25) is 9.84 Å². The van der Waals surface area contributed by atoms with Crippen molar-refractivity contribution in [3.8, 4) is 0 Å². The van der Waals surface area contributed by atoms with Crippen molar-refractivity contribution in [1.29, 1.82) is 0 Å². The number of fused-ring (bicyclic) bond motifs is 1. The predicted molar refractivity (Wildman–Crippen MR) is 135 cm³/mol. The Bertz CT molecular complexity index is 1560. The standard InChI is InChI=1S/C27H23N3O5S/c31-26(30-15-13-29(14-16-30)21-9-11-28-12-10-21)24-8-7-23(18-25(24)27(32)33)36(34,35)22-6-5-19-3-1-2-4-20(19)17-22/h1-12,17-18H,13-16H2,(H,32,33). The fraction of sp³-hybridized carbons (Fsp3) is 0.148. The Hall–Kier alpha value is -4.24. The Morgan fingerprint density at radius 3 is 2.08 bits per heavy atom. The minimum atomic E-state index is -3.99. The molecule has 2 heterocycles. The van der Waals surface area contributed by atoms with E-state index in [4.69, 9.17) is 0 Å². The van der Waals surface area contributed by atoms with Crippen molar-refractivity contribution in [3.05, 3.63) is 96.3 Å². The SMILES string of the molecule is O=C(O)c1cc(S(=O)(=O)c2ccc3ccccc3c2)ccc1C(=O)N1CCN(c2ccncc2)CC1. The van der Waals surface area contributed by atoms with Crippen molar-refractivity contribution in [2.75, 3.05) is 31.1 Å². The van der Waals surface area contributed by atoms with Crippen molar-refractivity contribution in [1.82, 2.24) is 9.88 Å². The second-order valence-corrected chi connectivity index (χ2v) is 10.5. The molecule has 9 heteroatoms. The van der Waals surface area contributed by atoms with Crippen molar-refractivity contribution < 1.29 is 23.1 Å². The lowest BCUT2D eigenvalue weighted by atomic mass is 10.1. The second-order valence-electron chi connectivity index (χ2n) is 8.51. The van der Waals surface area contributed by atoms with Gasteiger partial charge in [0.25, 0.3) is 5.91 Å². The molecule has 1 aliphatic rings. The minimum Gasteiger partial charge on any atom is -0.478 e. The maximum Gasteiger partial charge on any atom is 0.336 e. The number of benzene rings is 3. The average Bonchev–Trinajstić information content (AvgIpc) is 2.92. The van der Waals surface area contributed by atoms with E-state index >= 15 is 0 Å². The number of carbonyl (C=O) groups is 2. The van der Waals surface area contributed by atoms with Crippen LogP contribution in [0, 0.1) is 0 Å². The van der Waals surface area contributed by atoms with Gasteiger partial charge in [0.15, 0.2) is 0 Å². The molecule has 0 bridgehead atoms. The number of aromatic nitrogens is 1. The first-order chi connectivity index (χ1) is 17.3. The summed E-state index contributed by atoms with van der Waals surface area (Å²) < 4.78 is 26.6. The van der Waals surface area contributed by atoms with Gasteiger partial charge in [0.05, 0.1) is 20.9 Å². The first-order valence-corrected chi connectivity index (χ1v) is 12.9. The van der Waals surface area contributed by atoms with E-state index in [1.807, 2.05) is 36.4 Å². The van der Waals surface area contributed by atoms with Crippen LogP contribution in [0.15, 0.2) is 95.0 Å². The third-order valence-corrected chi connectivity index (χ3v) is 8.14. The van der Waals surface area contributed by atoms with E-state index in [1.54, 1.807) is 29.4 Å². The zero-order valence-electron chi connectivity index (χ0n) is 19.2. The van der Waals surface area contributed by atoms with Gasteiger partial charge in [-0.05, 0) is 53.2 Å². The van der Waals surface area contributed by atoms with E-state index in [2.05, 4.69) is 9.88 Å². The maximum absolute atomic E-state index is 13.3. The Balaban J connectivity index is 1.41. The topological polar surface area (TPSA) is 108 Å². The zero-order chi connectivity index (χ0) is 25.3. The van der Waals surface area contributed by atoms with Gasteiger partial charge in [-0.25, -0.2) is 13.2 Å². The molecular weight excluding hydrogens is 478 g/mol. The number of sulfone groups is 1. The number of hydrogen-bond acceptors (Lipinski definition) is 6. The summed E-state index contributed by atoms with van der Waals surface area (Å²) in [5, 5.41) is 11.5. The Morgan fingerprint density at radius 2 is 1.39 bits per heavy atom. The van der Waals surface area contributed by atoms with Crippen LogP contribution >= 0.6 is 0 Å². The molecule has 1 N–H and O–H groups in total. The van der Waals surface area contributed by atoms with Crippen molar-refractivity contribution >= 4 is 38.2 Å². The van der Waals surface area contributed by atoms with E-state index in [-0.39, 0.29) is 20.9 Å². The number of carboxylic acid groups (broad SMARTS) is 1. The van der Waals surface area contributed by atoms with Gasteiger partial charge < -0.3 is 14.9 Å². The van der Waals surface area contributed by atoms with Crippen LogP contribution in [0.2, 0.25) is 0 Å². The van der Waals surface area contributed by atoms with E-state index in [0.29, 0.717) is 26.2 Å². The largest absolute Gasteiger partial charge is 0.478 e. The second kappa shape index (κ2) is 9.43. The molecule has 5 rings (SSSR count). The van der Waals surface area contributed by atoms with Crippen molar-refractivity contribution in [2.24, 2.45) is 0 Å². The summed E-state index contributed by atoms with van der Waals surface area (Å²) in [5.74, 6) is -1.79. The van der Waals surface area contributed by atoms with Crippen LogP contribution in [0.1, 0.15) is 20.7 Å². The molecule has 0 atom stereocenters. The van der Waals surface area contributed by atoms with Gasteiger partial charge in [-0.1, -0.05) is 30.3 Å². The molecular formula is C27H23N3O5S. The quantitative estimate of drug-likeness (QED) is 0.444. The predicted octanol–water partition coefficient (Wildman–Crippen LogP) is 3.73. The molecule has 1 fully saturated rings. The molecule has 1 aliphatic heterocycles. The molecule has 0 radical (unpaired) electrons. The highest BCUT2D eigenvalue weighted by atomic mass is 32.2. The molecule has 1 saturated heterocycles. The van der Waals surface area contributed by atoms with E-state index < -0.39 is 21.7 Å². The highest BCUT2D eigenvalue weighted by Gasteiger charge is 2.28. The molecule has 1 amide bonds. The number of piperazine rings is 1.